The molecular formula is C20H31N5O4S. The summed E-state index contributed by atoms with van der Waals surface area (Å²) in [4.78, 5) is 2.36. The molecule has 0 amide bonds. The van der Waals surface area contributed by atoms with Gasteiger partial charge >= 0.3 is 0 Å². The molecule has 1 aromatic heterocycles. The second-order valence-electron chi connectivity index (χ2n) is 7.98. The summed E-state index contributed by atoms with van der Waals surface area (Å²) in [5.41, 5.74) is 1.18. The first kappa shape index (κ1) is 22.7. The Morgan fingerprint density at radius 2 is 1.90 bits per heavy atom. The topological polar surface area (TPSA) is 110 Å². The lowest BCUT2D eigenvalue weighted by atomic mass is 10.1. The van der Waals surface area contributed by atoms with E-state index < -0.39 is 16.1 Å². The molecule has 0 fully saturated rings. The van der Waals surface area contributed by atoms with Gasteiger partial charge in [0.15, 0.2) is 5.82 Å². The van der Waals surface area contributed by atoms with Gasteiger partial charge in [0, 0.05) is 32.6 Å². The van der Waals surface area contributed by atoms with Crippen molar-refractivity contribution in [2.75, 3.05) is 32.6 Å². The minimum absolute atomic E-state index is 0.00141. The molecular weight excluding hydrogens is 406 g/mol. The van der Waals surface area contributed by atoms with Crippen LogP contribution in [0.3, 0.4) is 0 Å². The van der Waals surface area contributed by atoms with Crippen LogP contribution < -0.4 is 9.46 Å². The van der Waals surface area contributed by atoms with Crippen molar-refractivity contribution in [1.82, 2.24) is 24.4 Å². The van der Waals surface area contributed by atoms with Crippen molar-refractivity contribution in [2.24, 2.45) is 5.92 Å². The lowest BCUT2D eigenvalue weighted by molar-refractivity contribution is 0.201. The Morgan fingerprint density at radius 1 is 1.17 bits per heavy atom. The smallest absolute Gasteiger partial charge is 0.209 e. The van der Waals surface area contributed by atoms with E-state index in [1.807, 2.05) is 38.1 Å². The molecule has 0 spiro atoms. The van der Waals surface area contributed by atoms with Crippen molar-refractivity contribution in [2.45, 2.75) is 39.4 Å². The summed E-state index contributed by atoms with van der Waals surface area (Å²) < 4.78 is 33.8. The first-order valence-corrected chi connectivity index (χ1v) is 12.1. The van der Waals surface area contributed by atoms with Gasteiger partial charge in [-0.05, 0) is 23.6 Å². The van der Waals surface area contributed by atoms with Gasteiger partial charge in [0.1, 0.15) is 18.2 Å². The zero-order chi connectivity index (χ0) is 21.7. The quantitative estimate of drug-likeness (QED) is 0.601. The number of ether oxygens (including phenoxy) is 1. The predicted octanol–water partition coefficient (Wildman–Crippen LogP) is 0.954. The molecule has 1 aromatic carbocycles. The standard InChI is InChI=1S/C20H31N5O4S/c1-15(2)19(23-30(3,27)28)20-22-21-18-8-9-24(10-11-25(18)20)14-16-4-6-17(7-5-16)29-13-12-26/h4-7,15,19,23,26H,8-14H2,1-3H3/t19-/m1/s1. The van der Waals surface area contributed by atoms with E-state index >= 15 is 0 Å². The molecule has 2 aromatic rings. The number of fused-ring (bicyclic) bond motifs is 1. The third-order valence-electron chi connectivity index (χ3n) is 5.12. The highest BCUT2D eigenvalue weighted by atomic mass is 32.2. The third-order valence-corrected chi connectivity index (χ3v) is 5.80. The van der Waals surface area contributed by atoms with Gasteiger partial charge in [-0.15, -0.1) is 10.2 Å². The molecule has 0 unspecified atom stereocenters. The number of aromatic nitrogens is 3. The van der Waals surface area contributed by atoms with E-state index in [1.54, 1.807) is 0 Å². The Bertz CT molecular complexity index is 927. The third kappa shape index (κ3) is 6.00. The van der Waals surface area contributed by atoms with Crippen LogP contribution in [0, 0.1) is 5.92 Å². The number of nitrogens with one attached hydrogen (secondary N) is 1. The molecule has 0 saturated heterocycles. The average Bonchev–Trinajstić information content (AvgIpc) is 2.98. The van der Waals surface area contributed by atoms with Gasteiger partial charge in [-0.25, -0.2) is 13.1 Å². The molecule has 1 atom stereocenters. The number of sulfonamides is 1. The van der Waals surface area contributed by atoms with Crippen LogP contribution in [-0.2, 0) is 29.5 Å². The normalized spacial score (nSPS) is 16.3. The molecule has 10 heteroatoms. The summed E-state index contributed by atoms with van der Waals surface area (Å²) in [5, 5.41) is 17.5. The number of aliphatic hydroxyl groups is 1. The van der Waals surface area contributed by atoms with Crippen LogP contribution in [0.15, 0.2) is 24.3 Å². The van der Waals surface area contributed by atoms with Gasteiger partial charge in [0.25, 0.3) is 0 Å². The van der Waals surface area contributed by atoms with Crippen LogP contribution in [0.1, 0.15) is 37.1 Å². The highest BCUT2D eigenvalue weighted by Crippen LogP contribution is 2.23. The van der Waals surface area contributed by atoms with E-state index in [4.69, 9.17) is 9.84 Å². The van der Waals surface area contributed by atoms with E-state index in [0.29, 0.717) is 19.0 Å². The molecule has 0 radical (unpaired) electrons. The Kier molecular flexibility index (Phi) is 7.45. The van der Waals surface area contributed by atoms with E-state index in [9.17, 15) is 8.42 Å². The van der Waals surface area contributed by atoms with Crippen molar-refractivity contribution in [3.63, 3.8) is 0 Å². The number of hydrogen-bond acceptors (Lipinski definition) is 7. The van der Waals surface area contributed by atoms with Crippen LogP contribution in [0.25, 0.3) is 0 Å². The average molecular weight is 438 g/mol. The van der Waals surface area contributed by atoms with Gasteiger partial charge < -0.3 is 14.4 Å². The van der Waals surface area contributed by atoms with Crippen LogP contribution in [0.2, 0.25) is 0 Å². The first-order chi connectivity index (χ1) is 14.3. The zero-order valence-corrected chi connectivity index (χ0v) is 18.6. The molecule has 30 heavy (non-hydrogen) atoms. The van der Waals surface area contributed by atoms with Crippen molar-refractivity contribution < 1.29 is 18.3 Å². The van der Waals surface area contributed by atoms with Crippen molar-refractivity contribution in [1.29, 1.82) is 0 Å². The first-order valence-electron chi connectivity index (χ1n) is 10.2. The number of nitrogens with zero attached hydrogens (tertiary/aromatic N) is 4. The van der Waals surface area contributed by atoms with Gasteiger partial charge in [-0.2, -0.15) is 0 Å². The molecule has 166 valence electrons. The van der Waals surface area contributed by atoms with E-state index in [0.717, 1.165) is 37.6 Å². The fraction of sp³-hybridized carbons (Fsp3) is 0.600. The van der Waals surface area contributed by atoms with Gasteiger partial charge in [0.2, 0.25) is 10.0 Å². The van der Waals surface area contributed by atoms with Crippen LogP contribution in [0.5, 0.6) is 5.75 Å². The molecule has 3 rings (SSSR count). The van der Waals surface area contributed by atoms with Crippen LogP contribution >= 0.6 is 0 Å². The van der Waals surface area contributed by atoms with Gasteiger partial charge in [0.05, 0.1) is 18.9 Å². The Hall–Kier alpha value is -2.01. The second kappa shape index (κ2) is 9.86. The predicted molar refractivity (Wildman–Crippen MR) is 114 cm³/mol. The summed E-state index contributed by atoms with van der Waals surface area (Å²) >= 11 is 0. The van der Waals surface area contributed by atoms with E-state index in [-0.39, 0.29) is 12.5 Å². The van der Waals surface area contributed by atoms with Gasteiger partial charge in [-0.3, -0.25) is 4.90 Å². The van der Waals surface area contributed by atoms with Crippen molar-refractivity contribution >= 4 is 10.0 Å². The largest absolute Gasteiger partial charge is 0.491 e. The maximum absolute atomic E-state index is 11.8. The molecule has 0 bridgehead atoms. The fourth-order valence-electron chi connectivity index (χ4n) is 3.61. The molecule has 9 nitrogen and oxygen atoms in total. The fourth-order valence-corrected chi connectivity index (χ4v) is 4.45. The maximum atomic E-state index is 11.8. The molecule has 1 aliphatic rings. The minimum Gasteiger partial charge on any atom is -0.491 e. The molecule has 0 saturated carbocycles. The highest BCUT2D eigenvalue weighted by molar-refractivity contribution is 7.88. The van der Waals surface area contributed by atoms with Gasteiger partial charge in [-0.1, -0.05) is 26.0 Å². The molecule has 0 aliphatic carbocycles. The summed E-state index contributed by atoms with van der Waals surface area (Å²) in [6.07, 6.45) is 1.93. The number of hydrogen-bond donors (Lipinski definition) is 2. The monoisotopic (exact) mass is 437 g/mol. The molecule has 2 N–H and O–H groups in total. The number of benzene rings is 1. The summed E-state index contributed by atoms with van der Waals surface area (Å²) in [6, 6.07) is 7.50. The van der Waals surface area contributed by atoms with Crippen molar-refractivity contribution in [3.8, 4) is 5.75 Å². The summed E-state index contributed by atoms with van der Waals surface area (Å²) in [5.74, 6) is 2.37. The summed E-state index contributed by atoms with van der Waals surface area (Å²) in [7, 11) is -3.36. The van der Waals surface area contributed by atoms with E-state index in [1.165, 1.54) is 11.8 Å². The summed E-state index contributed by atoms with van der Waals surface area (Å²) in [6.45, 7) is 7.44. The lowest BCUT2D eigenvalue weighted by Crippen LogP contribution is -2.33. The maximum Gasteiger partial charge on any atom is 0.209 e. The SMILES string of the molecule is CC(C)[C@@H](NS(C)(=O)=O)c1nnc2n1CCN(Cc1ccc(OCCO)cc1)CC2. The minimum atomic E-state index is -3.36. The molecule has 1 aliphatic heterocycles. The zero-order valence-electron chi connectivity index (χ0n) is 17.8. The van der Waals surface area contributed by atoms with Crippen molar-refractivity contribution in [3.05, 3.63) is 41.5 Å². The number of aliphatic hydroxyl groups excluding tert-OH is 1. The molecule has 2 heterocycles. The Balaban J connectivity index is 1.67. The van der Waals surface area contributed by atoms with E-state index in [2.05, 4.69) is 24.4 Å². The highest BCUT2D eigenvalue weighted by Gasteiger charge is 2.28. The number of rotatable bonds is 9. The Labute approximate surface area is 178 Å². The Morgan fingerprint density at radius 3 is 2.53 bits per heavy atom. The second-order valence-corrected chi connectivity index (χ2v) is 9.76. The van der Waals surface area contributed by atoms with Crippen LogP contribution in [-0.4, -0.2) is 65.7 Å². The van der Waals surface area contributed by atoms with Crippen LogP contribution in [0.4, 0.5) is 0 Å². The lowest BCUT2D eigenvalue weighted by Gasteiger charge is -2.22.